The molecule has 7 nitrogen and oxygen atoms in total. The van der Waals surface area contributed by atoms with Crippen LogP contribution in [-0.2, 0) is 9.53 Å². The van der Waals surface area contributed by atoms with Gasteiger partial charge in [0, 0.05) is 25.8 Å². The van der Waals surface area contributed by atoms with E-state index in [1.165, 1.54) is 0 Å². The number of carboxylic acids is 1. The Morgan fingerprint density at radius 3 is 2.62 bits per heavy atom. The van der Waals surface area contributed by atoms with E-state index in [0.717, 1.165) is 67.5 Å². The number of nitrogens with one attached hydrogen (secondary N) is 1. The van der Waals surface area contributed by atoms with E-state index in [9.17, 15) is 9.90 Å². The molecule has 1 fully saturated rings. The van der Waals surface area contributed by atoms with Crippen molar-refractivity contribution in [2.75, 3.05) is 36.6 Å². The third kappa shape index (κ3) is 6.13. The van der Waals surface area contributed by atoms with Gasteiger partial charge in [0.05, 0.1) is 30.6 Å². The summed E-state index contributed by atoms with van der Waals surface area (Å²) >= 11 is 0. The Balaban J connectivity index is 1.96. The molecule has 0 spiro atoms. The number of aromatic nitrogens is 1. The Morgan fingerprint density at radius 1 is 1.25 bits per heavy atom. The zero-order valence-corrected chi connectivity index (χ0v) is 19.3. The minimum absolute atomic E-state index is 0.0338. The highest BCUT2D eigenvalue weighted by molar-refractivity contribution is 5.76. The van der Waals surface area contributed by atoms with Gasteiger partial charge in [0.2, 0.25) is 0 Å². The minimum Gasteiger partial charge on any atom is -0.492 e. The van der Waals surface area contributed by atoms with Crippen LogP contribution in [-0.4, -0.2) is 48.5 Å². The highest BCUT2D eigenvalue weighted by atomic mass is 16.5. The number of ether oxygens (including phenoxy) is 2. The summed E-state index contributed by atoms with van der Waals surface area (Å²) in [5.41, 5.74) is 3.07. The van der Waals surface area contributed by atoms with Crippen molar-refractivity contribution in [3.63, 3.8) is 0 Å². The van der Waals surface area contributed by atoms with E-state index in [1.54, 1.807) is 6.20 Å². The number of anilines is 3. The van der Waals surface area contributed by atoms with Gasteiger partial charge in [-0.05, 0) is 68.9 Å². The lowest BCUT2D eigenvalue weighted by Gasteiger charge is -2.36. The lowest BCUT2D eigenvalue weighted by molar-refractivity contribution is -0.137. The summed E-state index contributed by atoms with van der Waals surface area (Å²) in [6.07, 6.45) is 4.59. The highest BCUT2D eigenvalue weighted by Gasteiger charge is 2.24. The van der Waals surface area contributed by atoms with Crippen LogP contribution >= 0.6 is 0 Å². The molecule has 2 N–H and O–H groups in total. The van der Waals surface area contributed by atoms with Gasteiger partial charge in [-0.15, -0.1) is 0 Å². The van der Waals surface area contributed by atoms with Crippen LogP contribution in [0, 0.1) is 0 Å². The molecule has 0 aliphatic carbocycles. The van der Waals surface area contributed by atoms with Crippen molar-refractivity contribution < 1.29 is 19.4 Å². The number of carboxylic acid groups (broad SMARTS) is 1. The SMILES string of the molecule is CCOc1ccc(Nc2cc(C(CC)CC(=O)O)ccc2N(CC)C2CCOCC2)nc1. The number of hydrogen-bond acceptors (Lipinski definition) is 6. The second-order valence-electron chi connectivity index (χ2n) is 8.05. The summed E-state index contributed by atoms with van der Waals surface area (Å²) in [6.45, 7) is 9.17. The van der Waals surface area contributed by atoms with E-state index in [-0.39, 0.29) is 12.3 Å². The first kappa shape index (κ1) is 23.9. The first-order valence-electron chi connectivity index (χ1n) is 11.6. The molecule has 1 unspecified atom stereocenters. The second kappa shape index (κ2) is 11.7. The van der Waals surface area contributed by atoms with Gasteiger partial charge < -0.3 is 24.8 Å². The molecule has 2 aromatic rings. The van der Waals surface area contributed by atoms with Gasteiger partial charge in [-0.3, -0.25) is 4.79 Å². The number of hydrogen-bond donors (Lipinski definition) is 2. The van der Waals surface area contributed by atoms with Crippen LogP contribution in [0.1, 0.15) is 57.9 Å². The zero-order chi connectivity index (χ0) is 22.9. The first-order chi connectivity index (χ1) is 15.5. The predicted octanol–water partition coefficient (Wildman–Crippen LogP) is 5.20. The molecule has 174 valence electrons. The summed E-state index contributed by atoms with van der Waals surface area (Å²) < 4.78 is 11.1. The lowest BCUT2D eigenvalue weighted by atomic mass is 9.92. The Bertz CT molecular complexity index is 866. The number of nitrogens with zero attached hydrogens (tertiary/aromatic N) is 2. The fourth-order valence-electron chi connectivity index (χ4n) is 4.33. The van der Waals surface area contributed by atoms with E-state index >= 15 is 0 Å². The van der Waals surface area contributed by atoms with Crippen LogP contribution in [0.4, 0.5) is 17.2 Å². The number of rotatable bonds is 11. The molecule has 1 aliphatic rings. The van der Waals surface area contributed by atoms with E-state index < -0.39 is 5.97 Å². The molecule has 0 radical (unpaired) electrons. The maximum atomic E-state index is 11.4. The zero-order valence-electron chi connectivity index (χ0n) is 19.3. The molecule has 3 rings (SSSR count). The van der Waals surface area contributed by atoms with Crippen molar-refractivity contribution in [1.82, 2.24) is 4.98 Å². The van der Waals surface area contributed by atoms with Gasteiger partial charge in [0.15, 0.2) is 0 Å². The lowest BCUT2D eigenvalue weighted by Crippen LogP contribution is -2.39. The van der Waals surface area contributed by atoms with Crippen LogP contribution in [0.2, 0.25) is 0 Å². The first-order valence-corrected chi connectivity index (χ1v) is 11.6. The molecule has 0 bridgehead atoms. The van der Waals surface area contributed by atoms with Crippen LogP contribution in [0.5, 0.6) is 5.75 Å². The summed E-state index contributed by atoms with van der Waals surface area (Å²) in [4.78, 5) is 18.3. The molecule has 1 aliphatic heterocycles. The molecule has 32 heavy (non-hydrogen) atoms. The van der Waals surface area contributed by atoms with Crippen molar-refractivity contribution in [2.24, 2.45) is 0 Å². The normalized spacial score (nSPS) is 15.2. The maximum Gasteiger partial charge on any atom is 0.303 e. The Morgan fingerprint density at radius 2 is 2.03 bits per heavy atom. The molecular formula is C25H35N3O4. The van der Waals surface area contributed by atoms with E-state index in [1.807, 2.05) is 26.0 Å². The number of carbonyl (C=O) groups is 1. The standard InChI is InChI=1S/C25H35N3O4/c1-4-18(16-25(29)30)19-7-9-23(28(5-2)20-11-13-31-14-12-20)22(15-19)27-24-10-8-21(17-26-24)32-6-3/h7-10,15,17-18,20H,4-6,11-14,16H2,1-3H3,(H,26,27)(H,29,30). The van der Waals surface area contributed by atoms with Gasteiger partial charge in [-0.1, -0.05) is 13.0 Å². The number of benzene rings is 1. The minimum atomic E-state index is -0.777. The second-order valence-corrected chi connectivity index (χ2v) is 8.05. The quantitative estimate of drug-likeness (QED) is 0.496. The van der Waals surface area contributed by atoms with Crippen LogP contribution < -0.4 is 15.0 Å². The van der Waals surface area contributed by atoms with Crippen molar-refractivity contribution in [1.29, 1.82) is 0 Å². The number of aliphatic carboxylic acids is 1. The van der Waals surface area contributed by atoms with Crippen molar-refractivity contribution in [3.8, 4) is 5.75 Å². The molecule has 7 heteroatoms. The molecule has 0 amide bonds. The highest BCUT2D eigenvalue weighted by Crippen LogP contribution is 2.36. The monoisotopic (exact) mass is 441 g/mol. The summed E-state index contributed by atoms with van der Waals surface area (Å²) in [5.74, 6) is 0.646. The fourth-order valence-corrected chi connectivity index (χ4v) is 4.33. The molecular weight excluding hydrogens is 406 g/mol. The third-order valence-electron chi connectivity index (χ3n) is 6.00. The Kier molecular flexibility index (Phi) is 8.73. The molecule has 1 aromatic heterocycles. The van der Waals surface area contributed by atoms with E-state index in [2.05, 4.69) is 40.3 Å². The predicted molar refractivity (Wildman–Crippen MR) is 127 cm³/mol. The summed E-state index contributed by atoms with van der Waals surface area (Å²) in [5, 5.41) is 12.8. The maximum absolute atomic E-state index is 11.4. The smallest absolute Gasteiger partial charge is 0.303 e. The van der Waals surface area contributed by atoms with E-state index in [4.69, 9.17) is 9.47 Å². The van der Waals surface area contributed by atoms with Gasteiger partial charge in [0.25, 0.3) is 0 Å². The van der Waals surface area contributed by atoms with Gasteiger partial charge in [0.1, 0.15) is 11.6 Å². The van der Waals surface area contributed by atoms with Gasteiger partial charge in [-0.2, -0.15) is 0 Å². The third-order valence-corrected chi connectivity index (χ3v) is 6.00. The fraction of sp³-hybridized carbons (Fsp3) is 0.520. The summed E-state index contributed by atoms with van der Waals surface area (Å²) in [6, 6.07) is 10.5. The Labute approximate surface area is 190 Å². The average Bonchev–Trinajstić information content (AvgIpc) is 2.81. The summed E-state index contributed by atoms with van der Waals surface area (Å²) in [7, 11) is 0. The van der Waals surface area contributed by atoms with Crippen molar-refractivity contribution >= 4 is 23.2 Å². The van der Waals surface area contributed by atoms with Crippen LogP contribution in [0.3, 0.4) is 0 Å². The van der Waals surface area contributed by atoms with Gasteiger partial charge in [-0.25, -0.2) is 4.98 Å². The molecule has 1 atom stereocenters. The molecule has 0 saturated carbocycles. The van der Waals surface area contributed by atoms with Crippen molar-refractivity contribution in [2.45, 2.75) is 58.4 Å². The average molecular weight is 442 g/mol. The Hall–Kier alpha value is -2.80. The molecule has 1 saturated heterocycles. The van der Waals surface area contributed by atoms with Crippen LogP contribution in [0.15, 0.2) is 36.5 Å². The van der Waals surface area contributed by atoms with Gasteiger partial charge >= 0.3 is 5.97 Å². The largest absolute Gasteiger partial charge is 0.492 e. The number of pyridine rings is 1. The molecule has 1 aromatic carbocycles. The van der Waals surface area contributed by atoms with Crippen LogP contribution in [0.25, 0.3) is 0 Å². The molecule has 2 heterocycles. The van der Waals surface area contributed by atoms with E-state index in [0.29, 0.717) is 12.6 Å². The topological polar surface area (TPSA) is 83.9 Å². The van der Waals surface area contributed by atoms with Crippen molar-refractivity contribution in [3.05, 3.63) is 42.1 Å².